The van der Waals surface area contributed by atoms with Crippen molar-refractivity contribution in [3.63, 3.8) is 0 Å². The molecule has 1 aliphatic rings. The lowest BCUT2D eigenvalue weighted by Crippen LogP contribution is -2.44. The van der Waals surface area contributed by atoms with Gasteiger partial charge in [-0.3, -0.25) is 4.79 Å². The van der Waals surface area contributed by atoms with Crippen molar-refractivity contribution in [2.75, 3.05) is 13.1 Å². The number of aromatic nitrogens is 3. The van der Waals surface area contributed by atoms with E-state index in [0.717, 1.165) is 24.2 Å². The monoisotopic (exact) mass is 368 g/mol. The minimum atomic E-state index is -0.189. The molecule has 27 heavy (non-hydrogen) atoms. The van der Waals surface area contributed by atoms with Crippen LogP contribution >= 0.6 is 0 Å². The SMILES string of the molecule is Cc1cc(C)nc(OC2CCCN(C(=O)c3cc(-c4ccco4)on3)C2)n1. The molecule has 1 amide bonds. The van der Waals surface area contributed by atoms with Gasteiger partial charge in [-0.25, -0.2) is 9.97 Å². The van der Waals surface area contributed by atoms with Crippen molar-refractivity contribution in [3.8, 4) is 17.5 Å². The average molecular weight is 368 g/mol. The fourth-order valence-corrected chi connectivity index (χ4v) is 3.19. The maximum Gasteiger partial charge on any atom is 0.317 e. The molecule has 1 unspecified atom stereocenters. The van der Waals surface area contributed by atoms with Crippen LogP contribution in [0.5, 0.6) is 6.01 Å². The van der Waals surface area contributed by atoms with Crippen molar-refractivity contribution in [2.24, 2.45) is 0 Å². The van der Waals surface area contributed by atoms with E-state index in [0.29, 0.717) is 30.6 Å². The molecular weight excluding hydrogens is 348 g/mol. The second-order valence-electron chi connectivity index (χ2n) is 6.62. The first kappa shape index (κ1) is 17.3. The molecule has 8 nitrogen and oxygen atoms in total. The minimum Gasteiger partial charge on any atom is -0.461 e. The number of likely N-dealkylation sites (tertiary alicyclic amines) is 1. The molecule has 0 N–H and O–H groups in total. The van der Waals surface area contributed by atoms with E-state index >= 15 is 0 Å². The van der Waals surface area contributed by atoms with Gasteiger partial charge in [-0.15, -0.1) is 0 Å². The van der Waals surface area contributed by atoms with E-state index in [4.69, 9.17) is 13.7 Å². The molecule has 1 fully saturated rings. The Bertz CT molecular complexity index is 915. The van der Waals surface area contributed by atoms with Gasteiger partial charge in [0, 0.05) is 24.0 Å². The molecule has 3 aromatic rings. The summed E-state index contributed by atoms with van der Waals surface area (Å²) in [5, 5.41) is 3.89. The Morgan fingerprint density at radius 2 is 2.04 bits per heavy atom. The molecule has 0 aromatic carbocycles. The fourth-order valence-electron chi connectivity index (χ4n) is 3.19. The Morgan fingerprint density at radius 3 is 2.78 bits per heavy atom. The van der Waals surface area contributed by atoms with Gasteiger partial charge in [0.25, 0.3) is 5.91 Å². The number of piperidine rings is 1. The second-order valence-corrected chi connectivity index (χ2v) is 6.62. The molecule has 4 rings (SSSR count). The summed E-state index contributed by atoms with van der Waals surface area (Å²) in [5.41, 5.74) is 1.97. The van der Waals surface area contributed by atoms with Gasteiger partial charge >= 0.3 is 6.01 Å². The number of ether oxygens (including phenoxy) is 1. The lowest BCUT2D eigenvalue weighted by Gasteiger charge is -2.31. The number of aryl methyl sites for hydroxylation is 2. The summed E-state index contributed by atoms with van der Waals surface area (Å²) in [6.07, 6.45) is 3.07. The van der Waals surface area contributed by atoms with Crippen LogP contribution in [0.1, 0.15) is 34.7 Å². The Labute approximate surface area is 156 Å². The Kier molecular flexibility index (Phi) is 4.62. The summed E-state index contributed by atoms with van der Waals surface area (Å²) in [6, 6.07) is 7.35. The van der Waals surface area contributed by atoms with Gasteiger partial charge < -0.3 is 18.6 Å². The predicted molar refractivity (Wildman–Crippen MR) is 95.3 cm³/mol. The molecular formula is C19H20N4O4. The second kappa shape index (κ2) is 7.22. The molecule has 0 spiro atoms. The number of carbonyl (C=O) groups excluding carboxylic acids is 1. The van der Waals surface area contributed by atoms with E-state index in [2.05, 4.69) is 15.1 Å². The molecule has 0 radical (unpaired) electrons. The van der Waals surface area contributed by atoms with Gasteiger partial charge in [-0.05, 0) is 44.9 Å². The Balaban J connectivity index is 1.44. The van der Waals surface area contributed by atoms with E-state index in [-0.39, 0.29) is 17.7 Å². The van der Waals surface area contributed by atoms with Gasteiger partial charge in [0.15, 0.2) is 11.5 Å². The lowest BCUT2D eigenvalue weighted by molar-refractivity contribution is 0.0506. The van der Waals surface area contributed by atoms with Crippen molar-refractivity contribution >= 4 is 5.91 Å². The first-order valence-corrected chi connectivity index (χ1v) is 8.87. The number of hydrogen-bond acceptors (Lipinski definition) is 7. The van der Waals surface area contributed by atoms with Gasteiger partial charge in [0.2, 0.25) is 5.76 Å². The fraction of sp³-hybridized carbons (Fsp3) is 0.368. The average Bonchev–Trinajstić information content (AvgIpc) is 3.32. The maximum atomic E-state index is 12.8. The van der Waals surface area contributed by atoms with Gasteiger partial charge in [0.1, 0.15) is 6.10 Å². The molecule has 0 aliphatic carbocycles. The van der Waals surface area contributed by atoms with Crippen LogP contribution in [-0.4, -0.2) is 45.1 Å². The summed E-state index contributed by atoms with van der Waals surface area (Å²) < 4.78 is 16.4. The number of furan rings is 1. The first-order valence-electron chi connectivity index (χ1n) is 8.87. The summed E-state index contributed by atoms with van der Waals surface area (Å²) in [6.45, 7) is 4.91. The van der Waals surface area contributed by atoms with Crippen LogP contribution in [0.3, 0.4) is 0 Å². The minimum absolute atomic E-state index is 0.152. The lowest BCUT2D eigenvalue weighted by atomic mass is 10.1. The number of amides is 1. The van der Waals surface area contributed by atoms with Crippen molar-refractivity contribution in [1.82, 2.24) is 20.0 Å². The van der Waals surface area contributed by atoms with Crippen molar-refractivity contribution in [2.45, 2.75) is 32.8 Å². The zero-order valence-electron chi connectivity index (χ0n) is 15.2. The molecule has 1 atom stereocenters. The highest BCUT2D eigenvalue weighted by molar-refractivity contribution is 5.93. The van der Waals surface area contributed by atoms with Crippen LogP contribution in [0.4, 0.5) is 0 Å². The standard InChI is InChI=1S/C19H20N4O4/c1-12-9-13(2)21-19(20-12)26-14-5-3-7-23(11-14)18(24)15-10-17(27-22-15)16-6-4-8-25-16/h4,6,8-10,14H,3,5,7,11H2,1-2H3. The van der Waals surface area contributed by atoms with Crippen LogP contribution in [0.2, 0.25) is 0 Å². The normalized spacial score (nSPS) is 17.1. The summed E-state index contributed by atoms with van der Waals surface area (Å²) >= 11 is 0. The number of hydrogen-bond donors (Lipinski definition) is 0. The number of rotatable bonds is 4. The van der Waals surface area contributed by atoms with E-state index in [9.17, 15) is 4.79 Å². The number of nitrogens with zero attached hydrogens (tertiary/aromatic N) is 4. The van der Waals surface area contributed by atoms with E-state index in [1.165, 1.54) is 0 Å². The van der Waals surface area contributed by atoms with Crippen molar-refractivity contribution in [3.05, 3.63) is 47.6 Å². The van der Waals surface area contributed by atoms with Crippen LogP contribution in [-0.2, 0) is 0 Å². The smallest absolute Gasteiger partial charge is 0.317 e. The van der Waals surface area contributed by atoms with E-state index in [1.807, 2.05) is 19.9 Å². The zero-order valence-corrected chi connectivity index (χ0v) is 15.2. The van der Waals surface area contributed by atoms with Gasteiger partial charge in [0.05, 0.1) is 12.8 Å². The Hall–Kier alpha value is -3.16. The quantitative estimate of drug-likeness (QED) is 0.698. The zero-order chi connectivity index (χ0) is 18.8. The van der Waals surface area contributed by atoms with Crippen LogP contribution in [0.15, 0.2) is 39.5 Å². The van der Waals surface area contributed by atoms with Crippen LogP contribution in [0, 0.1) is 13.8 Å². The summed E-state index contributed by atoms with van der Waals surface area (Å²) in [5.74, 6) is 0.774. The molecule has 140 valence electrons. The summed E-state index contributed by atoms with van der Waals surface area (Å²) in [7, 11) is 0. The van der Waals surface area contributed by atoms with E-state index in [1.54, 1.807) is 29.4 Å². The van der Waals surface area contributed by atoms with Crippen molar-refractivity contribution < 1.29 is 18.5 Å². The molecule has 8 heteroatoms. The molecule has 1 aliphatic heterocycles. The third-order valence-electron chi connectivity index (χ3n) is 4.39. The van der Waals surface area contributed by atoms with Crippen LogP contribution in [0.25, 0.3) is 11.5 Å². The topological polar surface area (TPSA) is 94.5 Å². The molecule has 0 bridgehead atoms. The predicted octanol–water partition coefficient (Wildman–Crippen LogP) is 3.03. The molecule has 1 saturated heterocycles. The highest BCUT2D eigenvalue weighted by Crippen LogP contribution is 2.23. The highest BCUT2D eigenvalue weighted by atomic mass is 16.5. The molecule has 4 heterocycles. The number of carbonyl (C=O) groups is 1. The third kappa shape index (κ3) is 3.84. The van der Waals surface area contributed by atoms with Gasteiger partial charge in [-0.2, -0.15) is 0 Å². The first-order chi connectivity index (χ1) is 13.1. The van der Waals surface area contributed by atoms with E-state index < -0.39 is 0 Å². The Morgan fingerprint density at radius 1 is 1.22 bits per heavy atom. The largest absolute Gasteiger partial charge is 0.461 e. The third-order valence-corrected chi connectivity index (χ3v) is 4.39. The highest BCUT2D eigenvalue weighted by Gasteiger charge is 2.28. The van der Waals surface area contributed by atoms with Crippen LogP contribution < -0.4 is 4.74 Å². The summed E-state index contributed by atoms with van der Waals surface area (Å²) in [4.78, 5) is 23.1. The molecule has 3 aromatic heterocycles. The van der Waals surface area contributed by atoms with Crippen molar-refractivity contribution in [1.29, 1.82) is 0 Å². The maximum absolute atomic E-state index is 12.8. The molecule has 0 saturated carbocycles. The van der Waals surface area contributed by atoms with Gasteiger partial charge in [-0.1, -0.05) is 5.16 Å².